The maximum absolute atomic E-state index is 12.5. The Morgan fingerprint density at radius 3 is 2.30 bits per heavy atom. The van der Waals surface area contributed by atoms with Gasteiger partial charge in [-0.3, -0.25) is 0 Å². The van der Waals surface area contributed by atoms with Crippen molar-refractivity contribution in [3.05, 3.63) is 65.2 Å². The van der Waals surface area contributed by atoms with Gasteiger partial charge in [0.2, 0.25) is 0 Å². The van der Waals surface area contributed by atoms with E-state index in [2.05, 4.69) is 12.2 Å². The number of quaternary nitrogens is 1. The number of alkyl halides is 3. The predicted octanol–water partition coefficient (Wildman–Crippen LogP) is 3.41. The van der Waals surface area contributed by atoms with Crippen molar-refractivity contribution < 1.29 is 23.2 Å². The van der Waals surface area contributed by atoms with Gasteiger partial charge in [-0.25, -0.2) is 0 Å². The molecule has 0 fully saturated rings. The van der Waals surface area contributed by atoms with E-state index in [1.165, 1.54) is 12.1 Å². The van der Waals surface area contributed by atoms with Crippen molar-refractivity contribution in [1.29, 1.82) is 0 Å². The molecular weight excluding hydrogens is 303 g/mol. The second-order valence-corrected chi connectivity index (χ2v) is 5.63. The maximum Gasteiger partial charge on any atom is 0.416 e. The highest BCUT2D eigenvalue weighted by molar-refractivity contribution is 5.33. The lowest BCUT2D eigenvalue weighted by molar-refractivity contribution is -0.701. The van der Waals surface area contributed by atoms with Crippen LogP contribution in [0.4, 0.5) is 13.2 Å². The number of ether oxygens (including phenoxy) is 1. The molecule has 1 atom stereocenters. The van der Waals surface area contributed by atoms with Crippen LogP contribution in [0.5, 0.6) is 5.75 Å². The number of para-hydroxylation sites is 1. The first kappa shape index (κ1) is 17.3. The van der Waals surface area contributed by atoms with E-state index in [1.807, 2.05) is 24.3 Å². The van der Waals surface area contributed by atoms with Crippen LogP contribution < -0.4 is 10.1 Å². The van der Waals surface area contributed by atoms with Gasteiger partial charge in [-0.2, -0.15) is 13.2 Å². The molecule has 23 heavy (non-hydrogen) atoms. The Balaban J connectivity index is 1.90. The van der Waals surface area contributed by atoms with Crippen LogP contribution in [-0.2, 0) is 19.1 Å². The first-order valence-electron chi connectivity index (χ1n) is 7.51. The van der Waals surface area contributed by atoms with Crippen molar-refractivity contribution in [2.45, 2.75) is 32.1 Å². The van der Waals surface area contributed by atoms with Crippen molar-refractivity contribution in [1.82, 2.24) is 0 Å². The molecule has 0 aliphatic heterocycles. The SMILES string of the molecule is COc1ccccc1C[C@H](C)[NH2+]Cc1ccc(C(F)(F)F)cc1. The second-order valence-electron chi connectivity index (χ2n) is 5.63. The molecule has 0 spiro atoms. The fraction of sp³-hybridized carbons (Fsp3) is 0.333. The van der Waals surface area contributed by atoms with Crippen LogP contribution >= 0.6 is 0 Å². The Hall–Kier alpha value is -2.01. The zero-order valence-electron chi connectivity index (χ0n) is 13.2. The number of halogens is 3. The Morgan fingerprint density at radius 2 is 1.70 bits per heavy atom. The minimum atomic E-state index is -4.28. The van der Waals surface area contributed by atoms with Gasteiger partial charge in [0.15, 0.2) is 0 Å². The molecule has 2 aromatic carbocycles. The van der Waals surface area contributed by atoms with E-state index in [4.69, 9.17) is 4.74 Å². The van der Waals surface area contributed by atoms with E-state index in [-0.39, 0.29) is 0 Å². The number of benzene rings is 2. The highest BCUT2D eigenvalue weighted by atomic mass is 19.4. The zero-order chi connectivity index (χ0) is 16.9. The molecular formula is C18H21F3NO+. The fourth-order valence-corrected chi connectivity index (χ4v) is 2.47. The lowest BCUT2D eigenvalue weighted by Crippen LogP contribution is -2.88. The number of methoxy groups -OCH3 is 1. The minimum absolute atomic E-state index is 0.300. The summed E-state index contributed by atoms with van der Waals surface area (Å²) in [7, 11) is 1.65. The van der Waals surface area contributed by atoms with Crippen molar-refractivity contribution in [3.8, 4) is 5.75 Å². The van der Waals surface area contributed by atoms with Crippen LogP contribution in [0.25, 0.3) is 0 Å². The molecule has 0 aliphatic carbocycles. The highest BCUT2D eigenvalue weighted by Gasteiger charge is 2.29. The largest absolute Gasteiger partial charge is 0.496 e. The Kier molecular flexibility index (Phi) is 5.66. The lowest BCUT2D eigenvalue weighted by Gasteiger charge is -2.14. The van der Waals surface area contributed by atoms with Crippen LogP contribution in [0.3, 0.4) is 0 Å². The molecule has 0 unspecified atom stereocenters. The zero-order valence-corrected chi connectivity index (χ0v) is 13.2. The van der Waals surface area contributed by atoms with Gasteiger partial charge in [-0.05, 0) is 30.7 Å². The molecule has 0 bridgehead atoms. The smallest absolute Gasteiger partial charge is 0.416 e. The van der Waals surface area contributed by atoms with Crippen LogP contribution in [0.15, 0.2) is 48.5 Å². The topological polar surface area (TPSA) is 25.8 Å². The van der Waals surface area contributed by atoms with Crippen LogP contribution in [-0.4, -0.2) is 13.2 Å². The Bertz CT molecular complexity index is 623. The molecule has 0 heterocycles. The summed E-state index contributed by atoms with van der Waals surface area (Å²) in [6, 6.07) is 13.5. The summed E-state index contributed by atoms with van der Waals surface area (Å²) >= 11 is 0. The molecule has 2 rings (SSSR count). The van der Waals surface area contributed by atoms with Gasteiger partial charge in [-0.15, -0.1) is 0 Å². The summed E-state index contributed by atoms with van der Waals surface area (Å²) in [5, 5.41) is 2.12. The molecule has 0 saturated carbocycles. The van der Waals surface area contributed by atoms with E-state index in [1.54, 1.807) is 7.11 Å². The van der Waals surface area contributed by atoms with E-state index >= 15 is 0 Å². The summed E-state index contributed by atoms with van der Waals surface area (Å²) in [6.45, 7) is 2.74. The Labute approximate surface area is 134 Å². The maximum atomic E-state index is 12.5. The average molecular weight is 324 g/mol. The minimum Gasteiger partial charge on any atom is -0.496 e. The van der Waals surface area contributed by atoms with Crippen molar-refractivity contribution >= 4 is 0 Å². The summed E-state index contributed by atoms with van der Waals surface area (Å²) in [6.07, 6.45) is -3.44. The number of nitrogens with two attached hydrogens (primary N) is 1. The van der Waals surface area contributed by atoms with Gasteiger partial charge in [-0.1, -0.05) is 30.3 Å². The van der Waals surface area contributed by atoms with E-state index in [0.29, 0.717) is 12.6 Å². The normalized spacial score (nSPS) is 12.9. The molecule has 0 amide bonds. The molecule has 5 heteroatoms. The third-order valence-corrected chi connectivity index (χ3v) is 3.77. The van der Waals surface area contributed by atoms with Gasteiger partial charge in [0.25, 0.3) is 0 Å². The molecule has 0 aromatic heterocycles. The quantitative estimate of drug-likeness (QED) is 0.866. The average Bonchev–Trinajstić information content (AvgIpc) is 2.53. The molecule has 2 aromatic rings. The van der Waals surface area contributed by atoms with Gasteiger partial charge in [0.05, 0.1) is 18.7 Å². The van der Waals surface area contributed by atoms with Crippen molar-refractivity contribution in [3.63, 3.8) is 0 Å². The second kappa shape index (κ2) is 7.51. The van der Waals surface area contributed by atoms with Gasteiger partial charge in [0, 0.05) is 12.0 Å². The third kappa shape index (κ3) is 4.99. The number of hydrogen-bond donors (Lipinski definition) is 1. The van der Waals surface area contributed by atoms with Gasteiger partial charge >= 0.3 is 6.18 Å². The molecule has 0 radical (unpaired) electrons. The molecule has 0 aliphatic rings. The van der Waals surface area contributed by atoms with Crippen LogP contribution in [0, 0.1) is 0 Å². The number of rotatable bonds is 6. The molecule has 2 N–H and O–H groups in total. The van der Waals surface area contributed by atoms with Crippen LogP contribution in [0.1, 0.15) is 23.6 Å². The van der Waals surface area contributed by atoms with Crippen molar-refractivity contribution in [2.75, 3.05) is 7.11 Å². The highest BCUT2D eigenvalue weighted by Crippen LogP contribution is 2.28. The fourth-order valence-electron chi connectivity index (χ4n) is 2.47. The molecule has 124 valence electrons. The summed E-state index contributed by atoms with van der Waals surface area (Å²) in [5.74, 6) is 0.863. The first-order chi connectivity index (χ1) is 10.9. The third-order valence-electron chi connectivity index (χ3n) is 3.77. The molecule has 0 saturated heterocycles. The predicted molar refractivity (Wildman–Crippen MR) is 83.2 cm³/mol. The lowest BCUT2D eigenvalue weighted by atomic mass is 10.1. The number of hydrogen-bond acceptors (Lipinski definition) is 1. The van der Waals surface area contributed by atoms with E-state index in [0.717, 1.165) is 35.4 Å². The summed E-state index contributed by atoms with van der Waals surface area (Å²) in [4.78, 5) is 0. The summed E-state index contributed by atoms with van der Waals surface area (Å²) in [5.41, 5.74) is 1.40. The van der Waals surface area contributed by atoms with Gasteiger partial charge in [0.1, 0.15) is 12.3 Å². The monoisotopic (exact) mass is 324 g/mol. The van der Waals surface area contributed by atoms with Crippen molar-refractivity contribution in [2.24, 2.45) is 0 Å². The van der Waals surface area contributed by atoms with E-state index < -0.39 is 11.7 Å². The Morgan fingerprint density at radius 1 is 1.04 bits per heavy atom. The standard InChI is InChI=1S/C18H20F3NO/c1-13(11-15-5-3-4-6-17(15)23-2)22-12-14-7-9-16(10-8-14)18(19,20)21/h3-10,13,22H,11-12H2,1-2H3/p+1/t13-/m0/s1. The summed E-state index contributed by atoms with van der Waals surface area (Å²) < 4.78 is 42.9. The van der Waals surface area contributed by atoms with Gasteiger partial charge < -0.3 is 10.1 Å². The van der Waals surface area contributed by atoms with Crippen LogP contribution in [0.2, 0.25) is 0 Å². The molecule has 2 nitrogen and oxygen atoms in total. The first-order valence-corrected chi connectivity index (χ1v) is 7.51. The van der Waals surface area contributed by atoms with E-state index in [9.17, 15) is 13.2 Å².